The van der Waals surface area contributed by atoms with E-state index in [0.29, 0.717) is 34.0 Å². The van der Waals surface area contributed by atoms with Gasteiger partial charge in [-0.25, -0.2) is 12.8 Å². The Labute approximate surface area is 203 Å². The first-order chi connectivity index (χ1) is 16.8. The highest BCUT2D eigenvalue weighted by atomic mass is 32.2. The second-order valence-corrected chi connectivity index (χ2v) is 9.74. The molecule has 4 rings (SSSR count). The van der Waals surface area contributed by atoms with Gasteiger partial charge in [0.25, 0.3) is 5.91 Å². The van der Waals surface area contributed by atoms with Crippen LogP contribution in [0.2, 0.25) is 0 Å². The number of carbonyl (C=O) groups excluding carboxylic acids is 1. The molecule has 0 unspecified atom stereocenters. The highest BCUT2D eigenvalue weighted by molar-refractivity contribution is 7.92. The summed E-state index contributed by atoms with van der Waals surface area (Å²) in [6.07, 6.45) is 1.10. The van der Waals surface area contributed by atoms with Crippen LogP contribution < -0.4 is 14.4 Å². The fourth-order valence-electron chi connectivity index (χ4n) is 3.37. The number of amides is 1. The van der Waals surface area contributed by atoms with Crippen molar-refractivity contribution in [2.75, 3.05) is 15.9 Å². The van der Waals surface area contributed by atoms with E-state index in [1.165, 1.54) is 28.6 Å². The molecule has 0 aliphatic rings. The van der Waals surface area contributed by atoms with Crippen molar-refractivity contribution in [3.8, 4) is 11.5 Å². The summed E-state index contributed by atoms with van der Waals surface area (Å²) >= 11 is 0. The number of hydrogen-bond acceptors (Lipinski definition) is 4. The Morgan fingerprint density at radius 3 is 2.03 bits per heavy atom. The summed E-state index contributed by atoms with van der Waals surface area (Å²) in [7, 11) is -3.61. The number of carbonyl (C=O) groups is 1. The predicted octanol–water partition coefficient (Wildman–Crippen LogP) is 5.84. The number of sulfonamides is 1. The van der Waals surface area contributed by atoms with Crippen LogP contribution in [0.15, 0.2) is 103 Å². The maximum atomic E-state index is 13.2. The molecule has 0 aromatic heterocycles. The van der Waals surface area contributed by atoms with E-state index in [1.54, 1.807) is 48.5 Å². The summed E-state index contributed by atoms with van der Waals surface area (Å²) in [5.74, 6) is 0.624. The van der Waals surface area contributed by atoms with Crippen molar-refractivity contribution >= 4 is 27.3 Å². The summed E-state index contributed by atoms with van der Waals surface area (Å²) < 4.78 is 44.9. The summed E-state index contributed by atoms with van der Waals surface area (Å²) in [6.45, 7) is 0.0437. The molecule has 35 heavy (non-hydrogen) atoms. The van der Waals surface area contributed by atoms with E-state index in [9.17, 15) is 17.6 Å². The lowest BCUT2D eigenvalue weighted by Crippen LogP contribution is -2.29. The third kappa shape index (κ3) is 6.45. The first-order valence-electron chi connectivity index (χ1n) is 10.7. The average Bonchev–Trinajstić information content (AvgIpc) is 2.85. The van der Waals surface area contributed by atoms with Gasteiger partial charge in [0.15, 0.2) is 0 Å². The number of anilines is 2. The van der Waals surface area contributed by atoms with Gasteiger partial charge in [-0.05, 0) is 78.4 Å². The first-order valence-corrected chi connectivity index (χ1v) is 12.6. The van der Waals surface area contributed by atoms with E-state index in [-0.39, 0.29) is 12.5 Å². The molecule has 0 heterocycles. The number of rotatable bonds is 8. The Morgan fingerprint density at radius 2 is 1.43 bits per heavy atom. The summed E-state index contributed by atoms with van der Waals surface area (Å²) in [5, 5.41) is 2.81. The van der Waals surface area contributed by atoms with Crippen molar-refractivity contribution in [1.82, 2.24) is 0 Å². The molecule has 0 saturated carbocycles. The Morgan fingerprint density at radius 1 is 0.829 bits per heavy atom. The summed E-state index contributed by atoms with van der Waals surface area (Å²) in [5.41, 5.74) is 2.00. The van der Waals surface area contributed by atoms with E-state index in [2.05, 4.69) is 5.32 Å². The van der Waals surface area contributed by atoms with Gasteiger partial charge in [0.1, 0.15) is 17.3 Å². The minimum absolute atomic E-state index is 0.0437. The number of halogens is 1. The second-order valence-electron chi connectivity index (χ2n) is 7.84. The molecule has 0 fully saturated rings. The van der Waals surface area contributed by atoms with Gasteiger partial charge in [-0.1, -0.05) is 30.3 Å². The average molecular weight is 491 g/mol. The monoisotopic (exact) mass is 490 g/mol. The van der Waals surface area contributed by atoms with Gasteiger partial charge in [0.2, 0.25) is 10.0 Å². The van der Waals surface area contributed by atoms with Crippen LogP contribution in [0.1, 0.15) is 15.9 Å². The SMILES string of the molecule is CS(=O)(=O)N(Cc1ccc(F)cc1)c1ccc(C(=O)Nc2ccc(Oc3ccccc3)cc2)cc1. The van der Waals surface area contributed by atoms with Gasteiger partial charge >= 0.3 is 0 Å². The zero-order chi connectivity index (χ0) is 24.8. The third-order valence-corrected chi connectivity index (χ3v) is 6.29. The molecule has 8 heteroatoms. The maximum absolute atomic E-state index is 13.2. The lowest BCUT2D eigenvalue weighted by molar-refractivity contribution is 0.102. The minimum atomic E-state index is -3.61. The van der Waals surface area contributed by atoms with Crippen LogP contribution in [0.5, 0.6) is 11.5 Å². The van der Waals surface area contributed by atoms with Gasteiger partial charge in [-0.2, -0.15) is 0 Å². The molecule has 4 aromatic rings. The zero-order valence-corrected chi connectivity index (χ0v) is 19.7. The topological polar surface area (TPSA) is 75.7 Å². The molecular weight excluding hydrogens is 467 g/mol. The molecule has 6 nitrogen and oxygen atoms in total. The number of benzene rings is 4. The molecule has 1 amide bonds. The molecule has 0 radical (unpaired) electrons. The van der Waals surface area contributed by atoms with Crippen molar-refractivity contribution in [1.29, 1.82) is 0 Å². The van der Waals surface area contributed by atoms with Crippen LogP contribution in [0.4, 0.5) is 15.8 Å². The van der Waals surface area contributed by atoms with Crippen LogP contribution in [-0.4, -0.2) is 20.6 Å². The zero-order valence-electron chi connectivity index (χ0n) is 18.9. The lowest BCUT2D eigenvalue weighted by Gasteiger charge is -2.22. The lowest BCUT2D eigenvalue weighted by atomic mass is 10.1. The standard InChI is InChI=1S/C27H23FN2O4S/c1-35(32,33)30(19-20-7-11-22(28)12-8-20)24-15-9-21(10-16-24)27(31)29-23-13-17-26(18-14-23)34-25-5-3-2-4-6-25/h2-18H,19H2,1H3,(H,29,31). The molecule has 0 bridgehead atoms. The third-order valence-electron chi connectivity index (χ3n) is 5.15. The molecule has 0 spiro atoms. The van der Waals surface area contributed by atoms with Crippen LogP contribution in [0.3, 0.4) is 0 Å². The Bertz CT molecular complexity index is 1390. The molecule has 1 N–H and O–H groups in total. The number of para-hydroxylation sites is 1. The van der Waals surface area contributed by atoms with Gasteiger partial charge < -0.3 is 10.1 Å². The summed E-state index contributed by atoms with van der Waals surface area (Å²) in [4.78, 5) is 12.7. The van der Waals surface area contributed by atoms with Crippen LogP contribution in [-0.2, 0) is 16.6 Å². The van der Waals surface area contributed by atoms with Crippen LogP contribution in [0, 0.1) is 5.82 Å². The highest BCUT2D eigenvalue weighted by Gasteiger charge is 2.18. The molecular formula is C27H23FN2O4S. The fraction of sp³-hybridized carbons (Fsp3) is 0.0741. The number of hydrogen-bond donors (Lipinski definition) is 1. The molecule has 0 aliphatic carbocycles. The van der Waals surface area contributed by atoms with Crippen molar-refractivity contribution in [3.05, 3.63) is 120 Å². The van der Waals surface area contributed by atoms with E-state index in [0.717, 1.165) is 6.26 Å². The Balaban J connectivity index is 1.43. The fourth-order valence-corrected chi connectivity index (χ4v) is 4.26. The Hall–Kier alpha value is -4.17. The molecule has 4 aromatic carbocycles. The van der Waals surface area contributed by atoms with Gasteiger partial charge in [-0.15, -0.1) is 0 Å². The summed E-state index contributed by atoms with van der Waals surface area (Å²) in [6, 6.07) is 28.2. The quantitative estimate of drug-likeness (QED) is 0.337. The Kier molecular flexibility index (Phi) is 7.12. The van der Waals surface area contributed by atoms with Crippen LogP contribution in [0.25, 0.3) is 0 Å². The minimum Gasteiger partial charge on any atom is -0.457 e. The smallest absolute Gasteiger partial charge is 0.255 e. The van der Waals surface area contributed by atoms with E-state index in [1.807, 2.05) is 30.3 Å². The van der Waals surface area contributed by atoms with Crippen molar-refractivity contribution in [3.63, 3.8) is 0 Å². The van der Waals surface area contributed by atoms with E-state index < -0.39 is 15.8 Å². The number of nitrogens with one attached hydrogen (secondary N) is 1. The molecule has 0 aliphatic heterocycles. The predicted molar refractivity (Wildman–Crippen MR) is 135 cm³/mol. The first kappa shape index (κ1) is 24.0. The number of nitrogens with zero attached hydrogens (tertiary/aromatic N) is 1. The largest absolute Gasteiger partial charge is 0.457 e. The second kappa shape index (κ2) is 10.4. The molecule has 0 saturated heterocycles. The normalized spacial score (nSPS) is 11.0. The van der Waals surface area contributed by atoms with Crippen LogP contribution >= 0.6 is 0 Å². The highest BCUT2D eigenvalue weighted by Crippen LogP contribution is 2.24. The molecule has 178 valence electrons. The van der Waals surface area contributed by atoms with E-state index in [4.69, 9.17) is 4.74 Å². The van der Waals surface area contributed by atoms with Gasteiger partial charge in [0.05, 0.1) is 18.5 Å². The number of ether oxygens (including phenoxy) is 1. The van der Waals surface area contributed by atoms with Crippen molar-refractivity contribution in [2.45, 2.75) is 6.54 Å². The maximum Gasteiger partial charge on any atom is 0.255 e. The van der Waals surface area contributed by atoms with Gasteiger partial charge in [0, 0.05) is 11.3 Å². The van der Waals surface area contributed by atoms with Crippen molar-refractivity contribution in [2.24, 2.45) is 0 Å². The van der Waals surface area contributed by atoms with E-state index >= 15 is 0 Å². The van der Waals surface area contributed by atoms with Gasteiger partial charge in [-0.3, -0.25) is 9.10 Å². The van der Waals surface area contributed by atoms with Crippen molar-refractivity contribution < 1.29 is 22.3 Å². The molecule has 0 atom stereocenters.